The number of alkyl halides is 3. The van der Waals surface area contributed by atoms with Crippen LogP contribution >= 0.6 is 0 Å². The Morgan fingerprint density at radius 1 is 1.15 bits per heavy atom. The molecule has 0 bridgehead atoms. The molecule has 2 aliphatic carbocycles. The van der Waals surface area contributed by atoms with Crippen LogP contribution in [0.15, 0.2) is 64.8 Å². The number of carbonyl (C=O) groups excluding carboxylic acids is 1. The summed E-state index contributed by atoms with van der Waals surface area (Å²) in [6.45, 7) is 3.30. The van der Waals surface area contributed by atoms with Crippen molar-refractivity contribution in [2.45, 2.75) is 44.9 Å². The van der Waals surface area contributed by atoms with Crippen molar-refractivity contribution >= 4 is 11.6 Å². The van der Waals surface area contributed by atoms with Crippen LogP contribution in [0.3, 0.4) is 0 Å². The number of hydrogen-bond donors (Lipinski definition) is 0. The fraction of sp³-hybridized carbons (Fsp3) is 0.462. The Morgan fingerprint density at radius 2 is 1.88 bits per heavy atom. The Hall–Kier alpha value is -2.83. The van der Waals surface area contributed by atoms with Gasteiger partial charge in [-0.25, -0.2) is 4.99 Å². The van der Waals surface area contributed by atoms with Gasteiger partial charge in [0, 0.05) is 24.7 Å². The fourth-order valence-corrected chi connectivity index (χ4v) is 5.77. The van der Waals surface area contributed by atoms with Gasteiger partial charge in [-0.15, -0.1) is 13.2 Å². The van der Waals surface area contributed by atoms with Crippen molar-refractivity contribution in [2.24, 2.45) is 22.7 Å². The fourth-order valence-electron chi connectivity index (χ4n) is 5.77. The molecule has 1 saturated heterocycles. The van der Waals surface area contributed by atoms with Crippen LogP contribution in [-0.4, -0.2) is 36.0 Å². The third-order valence-corrected chi connectivity index (χ3v) is 7.23. The molecule has 0 radical (unpaired) electrons. The normalized spacial score (nSPS) is 31.5. The summed E-state index contributed by atoms with van der Waals surface area (Å²) in [6.07, 6.45) is 7.03. The summed E-state index contributed by atoms with van der Waals surface area (Å²) >= 11 is 0. The van der Waals surface area contributed by atoms with Gasteiger partial charge >= 0.3 is 6.36 Å². The minimum atomic E-state index is -4.71. The predicted octanol–water partition coefficient (Wildman–Crippen LogP) is 5.79. The molecule has 7 heteroatoms. The third kappa shape index (κ3) is 4.63. The SMILES string of the molecule is CC1=C/C2=NC(C(=O)N3C[C@H]4CC(c5ccccc5OC(F)(F)F)C[C@H]4C3)=CC2CC/C=C\1. The number of benzene rings is 1. The van der Waals surface area contributed by atoms with E-state index in [1.165, 1.54) is 6.07 Å². The lowest BCUT2D eigenvalue weighted by Crippen LogP contribution is -2.30. The Labute approximate surface area is 191 Å². The Balaban J connectivity index is 1.25. The Morgan fingerprint density at radius 3 is 2.61 bits per heavy atom. The number of aliphatic imine (C=N–C) groups is 1. The van der Waals surface area contributed by atoms with Crippen molar-refractivity contribution in [3.05, 3.63) is 65.4 Å². The van der Waals surface area contributed by atoms with E-state index < -0.39 is 6.36 Å². The highest BCUT2D eigenvalue weighted by Gasteiger charge is 2.44. The molecule has 5 rings (SSSR count). The minimum Gasteiger partial charge on any atom is -0.405 e. The predicted molar refractivity (Wildman–Crippen MR) is 120 cm³/mol. The average molecular weight is 457 g/mol. The van der Waals surface area contributed by atoms with E-state index in [9.17, 15) is 18.0 Å². The lowest BCUT2D eigenvalue weighted by Gasteiger charge is -2.21. The summed E-state index contributed by atoms with van der Waals surface area (Å²) in [4.78, 5) is 19.8. The third-order valence-electron chi connectivity index (χ3n) is 7.23. The second-order valence-electron chi connectivity index (χ2n) is 9.55. The first-order valence-corrected chi connectivity index (χ1v) is 11.6. The standard InChI is InChI=1S/C26H27F3N2O2/c1-16-6-2-3-7-17-13-23(30-22(17)10-16)25(32)31-14-19-11-18(12-20(19)15-31)21-8-4-5-9-24(21)33-26(27,28)29/h2,4-6,8-10,13,17-20H,3,7,11-12,14-15H2,1H3/b6-2-,16-10-/t17?,18?,19-,20+. The molecular weight excluding hydrogens is 429 g/mol. The van der Waals surface area contributed by atoms with Crippen LogP contribution in [-0.2, 0) is 4.79 Å². The quantitative estimate of drug-likeness (QED) is 0.578. The summed E-state index contributed by atoms with van der Waals surface area (Å²) in [5.74, 6) is 0.625. The molecule has 174 valence electrons. The van der Waals surface area contributed by atoms with Gasteiger partial charge in [-0.2, -0.15) is 0 Å². The van der Waals surface area contributed by atoms with E-state index in [1.807, 2.05) is 17.9 Å². The van der Waals surface area contributed by atoms with Crippen molar-refractivity contribution in [3.8, 4) is 5.75 Å². The molecule has 2 unspecified atom stereocenters. The molecular formula is C26H27F3N2O2. The second kappa shape index (κ2) is 8.50. The molecule has 1 amide bonds. The van der Waals surface area contributed by atoms with Crippen molar-refractivity contribution in [2.75, 3.05) is 13.1 Å². The Bertz CT molecular complexity index is 1060. The molecule has 2 fully saturated rings. The summed E-state index contributed by atoms with van der Waals surface area (Å²) in [5.41, 5.74) is 3.23. The number of likely N-dealkylation sites (tertiary alicyclic amines) is 1. The van der Waals surface area contributed by atoms with Crippen LogP contribution in [0.5, 0.6) is 5.75 Å². The van der Waals surface area contributed by atoms with Crippen molar-refractivity contribution in [3.63, 3.8) is 0 Å². The summed E-state index contributed by atoms with van der Waals surface area (Å²) in [7, 11) is 0. The van der Waals surface area contributed by atoms with E-state index in [4.69, 9.17) is 0 Å². The summed E-state index contributed by atoms with van der Waals surface area (Å²) < 4.78 is 42.7. The number of allylic oxidation sites excluding steroid dienone is 5. The molecule has 2 heterocycles. The van der Waals surface area contributed by atoms with Gasteiger partial charge in [-0.3, -0.25) is 4.79 Å². The van der Waals surface area contributed by atoms with Crippen LogP contribution in [0.1, 0.15) is 44.1 Å². The minimum absolute atomic E-state index is 0.0118. The largest absolute Gasteiger partial charge is 0.573 e. The van der Waals surface area contributed by atoms with Gasteiger partial charge in [0.05, 0.1) is 0 Å². The molecule has 0 spiro atoms. The van der Waals surface area contributed by atoms with Gasteiger partial charge in [0.15, 0.2) is 0 Å². The second-order valence-corrected chi connectivity index (χ2v) is 9.55. The number of amides is 1. The molecule has 4 atom stereocenters. The molecule has 0 N–H and O–H groups in total. The van der Waals surface area contributed by atoms with E-state index in [-0.39, 0.29) is 35.3 Å². The van der Waals surface area contributed by atoms with Gasteiger partial charge < -0.3 is 9.64 Å². The van der Waals surface area contributed by atoms with Crippen LogP contribution in [0.2, 0.25) is 0 Å². The number of rotatable bonds is 3. The Kier molecular flexibility index (Phi) is 5.67. The van der Waals surface area contributed by atoms with E-state index in [1.54, 1.807) is 18.2 Å². The maximum atomic E-state index is 13.2. The molecule has 1 saturated carbocycles. The number of hydrogen-bond acceptors (Lipinski definition) is 3. The van der Waals surface area contributed by atoms with Gasteiger partial charge in [0.1, 0.15) is 11.4 Å². The number of carbonyl (C=O) groups is 1. The van der Waals surface area contributed by atoms with Crippen molar-refractivity contribution in [1.82, 2.24) is 4.90 Å². The molecule has 2 aliphatic heterocycles. The van der Waals surface area contributed by atoms with Gasteiger partial charge in [-0.1, -0.05) is 30.4 Å². The number of para-hydroxylation sites is 1. The maximum Gasteiger partial charge on any atom is 0.573 e. The summed E-state index contributed by atoms with van der Waals surface area (Å²) in [5, 5.41) is 0. The zero-order valence-corrected chi connectivity index (χ0v) is 18.5. The number of halogens is 3. The van der Waals surface area contributed by atoms with Gasteiger partial charge in [-0.05, 0) is 79.7 Å². The van der Waals surface area contributed by atoms with Gasteiger partial charge in [0.2, 0.25) is 0 Å². The summed E-state index contributed by atoms with van der Waals surface area (Å²) in [6, 6.07) is 6.43. The topological polar surface area (TPSA) is 41.9 Å². The van der Waals surface area contributed by atoms with E-state index in [0.29, 0.717) is 24.4 Å². The lowest BCUT2D eigenvalue weighted by molar-refractivity contribution is -0.275. The first kappa shape index (κ1) is 22.0. The van der Waals surface area contributed by atoms with E-state index in [0.717, 1.165) is 37.0 Å². The molecule has 33 heavy (non-hydrogen) atoms. The van der Waals surface area contributed by atoms with Crippen LogP contribution < -0.4 is 4.74 Å². The highest BCUT2D eigenvalue weighted by molar-refractivity contribution is 6.07. The van der Waals surface area contributed by atoms with Crippen molar-refractivity contribution in [1.29, 1.82) is 0 Å². The lowest BCUT2D eigenvalue weighted by atomic mass is 9.94. The number of nitrogens with zero attached hydrogens (tertiary/aromatic N) is 2. The van der Waals surface area contributed by atoms with Crippen LogP contribution in [0, 0.1) is 17.8 Å². The van der Waals surface area contributed by atoms with Crippen LogP contribution in [0.25, 0.3) is 0 Å². The maximum absolute atomic E-state index is 13.2. The first-order valence-electron chi connectivity index (χ1n) is 11.6. The molecule has 4 aliphatic rings. The van der Waals surface area contributed by atoms with Gasteiger partial charge in [0.25, 0.3) is 5.91 Å². The average Bonchev–Trinajstić information content (AvgIpc) is 3.42. The van der Waals surface area contributed by atoms with Crippen LogP contribution in [0.4, 0.5) is 13.2 Å². The zero-order chi connectivity index (χ0) is 23.2. The van der Waals surface area contributed by atoms with E-state index >= 15 is 0 Å². The highest BCUT2D eigenvalue weighted by atomic mass is 19.4. The smallest absolute Gasteiger partial charge is 0.405 e. The van der Waals surface area contributed by atoms with Crippen molar-refractivity contribution < 1.29 is 22.7 Å². The molecule has 0 aromatic heterocycles. The monoisotopic (exact) mass is 456 g/mol. The molecule has 1 aromatic carbocycles. The molecule has 1 aromatic rings. The molecule has 4 nitrogen and oxygen atoms in total. The van der Waals surface area contributed by atoms with E-state index in [2.05, 4.69) is 28.0 Å². The highest BCUT2D eigenvalue weighted by Crippen LogP contribution is 2.49. The first-order chi connectivity index (χ1) is 15.8. The zero-order valence-electron chi connectivity index (χ0n) is 18.5. The number of ether oxygens (including phenoxy) is 1. The number of fused-ring (bicyclic) bond motifs is 2.